The summed E-state index contributed by atoms with van der Waals surface area (Å²) in [6.07, 6.45) is 2.38. The first-order valence-electron chi connectivity index (χ1n) is 7.78. The molecular formula is C18H16N2O6. The Hall–Kier alpha value is -3.55. The summed E-state index contributed by atoms with van der Waals surface area (Å²) >= 11 is 0. The van der Waals surface area contributed by atoms with Crippen LogP contribution in [0.25, 0.3) is 10.9 Å². The number of hydrogen-bond donors (Lipinski definition) is 3. The van der Waals surface area contributed by atoms with Gasteiger partial charge in [0.15, 0.2) is 11.2 Å². The molecule has 26 heavy (non-hydrogen) atoms. The normalized spacial score (nSPS) is 10.7. The maximum atomic E-state index is 12.1. The highest BCUT2D eigenvalue weighted by atomic mass is 16.5. The predicted molar refractivity (Wildman–Crippen MR) is 92.8 cm³/mol. The van der Waals surface area contributed by atoms with Gasteiger partial charge in [-0.1, -0.05) is 0 Å². The molecule has 0 unspecified atom stereocenters. The molecule has 0 bridgehead atoms. The molecule has 8 heteroatoms. The van der Waals surface area contributed by atoms with Crippen molar-refractivity contribution in [2.75, 3.05) is 13.7 Å². The summed E-state index contributed by atoms with van der Waals surface area (Å²) in [6.45, 7) is 0.282. The molecule has 0 saturated carbocycles. The lowest BCUT2D eigenvalue weighted by Crippen LogP contribution is -2.27. The third-order valence-electron chi connectivity index (χ3n) is 3.86. The van der Waals surface area contributed by atoms with Crippen LogP contribution < -0.4 is 15.5 Å². The quantitative estimate of drug-likeness (QED) is 0.619. The van der Waals surface area contributed by atoms with Crippen molar-refractivity contribution in [3.63, 3.8) is 0 Å². The number of ether oxygens (including phenoxy) is 1. The Balaban J connectivity index is 1.69. The second-order valence-corrected chi connectivity index (χ2v) is 5.56. The molecule has 2 aromatic heterocycles. The first-order chi connectivity index (χ1) is 12.5. The number of aromatic nitrogens is 1. The Bertz CT molecular complexity index is 1030. The van der Waals surface area contributed by atoms with Crippen LogP contribution in [-0.2, 0) is 6.42 Å². The number of hydrogen-bond acceptors (Lipinski definition) is 5. The molecule has 3 aromatic rings. The van der Waals surface area contributed by atoms with Gasteiger partial charge in [-0.25, -0.2) is 4.79 Å². The summed E-state index contributed by atoms with van der Waals surface area (Å²) in [6, 6.07) is 7.43. The van der Waals surface area contributed by atoms with Crippen LogP contribution in [0.5, 0.6) is 5.75 Å². The van der Waals surface area contributed by atoms with Crippen molar-refractivity contribution in [2.24, 2.45) is 0 Å². The molecule has 3 N–H and O–H groups in total. The van der Waals surface area contributed by atoms with E-state index in [4.69, 9.17) is 14.3 Å². The van der Waals surface area contributed by atoms with E-state index in [2.05, 4.69) is 10.3 Å². The van der Waals surface area contributed by atoms with Crippen molar-refractivity contribution < 1.29 is 23.8 Å². The second-order valence-electron chi connectivity index (χ2n) is 5.56. The molecule has 1 amide bonds. The van der Waals surface area contributed by atoms with Crippen LogP contribution in [0.15, 0.2) is 45.7 Å². The summed E-state index contributed by atoms with van der Waals surface area (Å²) in [5.41, 5.74) is 1.33. The number of carboxylic acid groups (broad SMARTS) is 1. The maximum absolute atomic E-state index is 12.1. The van der Waals surface area contributed by atoms with E-state index in [0.717, 1.165) is 34.3 Å². The van der Waals surface area contributed by atoms with E-state index in [1.807, 2.05) is 24.4 Å². The molecule has 134 valence electrons. The van der Waals surface area contributed by atoms with E-state index >= 15 is 0 Å². The Morgan fingerprint density at radius 2 is 2.00 bits per heavy atom. The lowest BCUT2D eigenvalue weighted by molar-refractivity contribution is 0.0655. The number of amides is 1. The maximum Gasteiger partial charge on any atom is 0.371 e. The van der Waals surface area contributed by atoms with Gasteiger partial charge in [0.25, 0.3) is 5.91 Å². The Kier molecular flexibility index (Phi) is 4.74. The molecule has 8 nitrogen and oxygen atoms in total. The van der Waals surface area contributed by atoms with Gasteiger partial charge in [0, 0.05) is 35.8 Å². The third-order valence-corrected chi connectivity index (χ3v) is 3.86. The number of fused-ring (bicyclic) bond motifs is 1. The topological polar surface area (TPSA) is 122 Å². The molecule has 0 atom stereocenters. The van der Waals surface area contributed by atoms with Crippen LogP contribution in [0.1, 0.15) is 26.7 Å². The number of methoxy groups -OCH3 is 1. The minimum Gasteiger partial charge on any atom is -0.497 e. The minimum absolute atomic E-state index is 0.282. The number of nitrogens with one attached hydrogen (secondary N) is 2. The third kappa shape index (κ3) is 3.59. The van der Waals surface area contributed by atoms with Gasteiger partial charge >= 0.3 is 5.97 Å². The van der Waals surface area contributed by atoms with Gasteiger partial charge in [0.05, 0.1) is 7.11 Å². The predicted octanol–water partition coefficient (Wildman–Crippen LogP) is 1.80. The molecule has 0 fully saturated rings. The summed E-state index contributed by atoms with van der Waals surface area (Å²) in [7, 11) is 1.59. The number of rotatable bonds is 6. The van der Waals surface area contributed by atoms with E-state index in [9.17, 15) is 14.4 Å². The summed E-state index contributed by atoms with van der Waals surface area (Å²) in [5, 5.41) is 12.5. The van der Waals surface area contributed by atoms with E-state index in [1.165, 1.54) is 0 Å². The highest BCUT2D eigenvalue weighted by molar-refractivity contribution is 5.92. The van der Waals surface area contributed by atoms with Gasteiger partial charge in [-0.2, -0.15) is 0 Å². The number of H-pyrrole nitrogens is 1. The van der Waals surface area contributed by atoms with Gasteiger partial charge < -0.3 is 24.6 Å². The van der Waals surface area contributed by atoms with E-state index in [1.54, 1.807) is 7.11 Å². The Labute approximate surface area is 147 Å². The van der Waals surface area contributed by atoms with Crippen molar-refractivity contribution in [1.29, 1.82) is 0 Å². The fourth-order valence-electron chi connectivity index (χ4n) is 2.58. The van der Waals surface area contributed by atoms with Crippen LogP contribution in [0, 0.1) is 0 Å². The van der Waals surface area contributed by atoms with Crippen LogP contribution >= 0.6 is 0 Å². The number of benzene rings is 1. The standard InChI is InChI=1S/C18H16N2O6/c1-25-12-2-3-14-13(8-12)10(9-20-14)4-5-19-17(22)15-6-11(21)7-16(26-15)18(23)24/h2-3,6-9,20H,4-5H2,1H3,(H,19,22)(H,23,24). The number of aromatic carboxylic acids is 1. The average molecular weight is 356 g/mol. The van der Waals surface area contributed by atoms with Gasteiger partial charge in [-0.05, 0) is 30.2 Å². The van der Waals surface area contributed by atoms with Crippen LogP contribution in [0.4, 0.5) is 0 Å². The Morgan fingerprint density at radius 3 is 2.73 bits per heavy atom. The zero-order valence-corrected chi connectivity index (χ0v) is 13.9. The smallest absolute Gasteiger partial charge is 0.371 e. The van der Waals surface area contributed by atoms with Crippen LogP contribution in [0.3, 0.4) is 0 Å². The number of carbonyl (C=O) groups excluding carboxylic acids is 1. The van der Waals surface area contributed by atoms with Crippen molar-refractivity contribution in [3.8, 4) is 5.75 Å². The molecule has 0 saturated heterocycles. The highest BCUT2D eigenvalue weighted by Crippen LogP contribution is 2.23. The molecule has 3 rings (SSSR count). The van der Waals surface area contributed by atoms with Crippen LogP contribution in [-0.4, -0.2) is 35.6 Å². The first kappa shape index (κ1) is 17.3. The largest absolute Gasteiger partial charge is 0.497 e. The molecule has 0 radical (unpaired) electrons. The fraction of sp³-hybridized carbons (Fsp3) is 0.167. The average Bonchev–Trinajstić information content (AvgIpc) is 3.03. The molecule has 2 heterocycles. The minimum atomic E-state index is -1.41. The molecule has 0 aliphatic heterocycles. The number of carbonyl (C=O) groups is 2. The SMILES string of the molecule is COc1ccc2[nH]cc(CCNC(=O)c3cc(=O)cc(C(=O)O)o3)c2c1. The number of aromatic amines is 1. The monoisotopic (exact) mass is 356 g/mol. The van der Waals surface area contributed by atoms with Crippen molar-refractivity contribution in [2.45, 2.75) is 6.42 Å². The molecular weight excluding hydrogens is 340 g/mol. The molecule has 1 aromatic carbocycles. The van der Waals surface area contributed by atoms with E-state index in [0.29, 0.717) is 6.42 Å². The first-order valence-corrected chi connectivity index (χ1v) is 7.78. The summed E-state index contributed by atoms with van der Waals surface area (Å²) < 4.78 is 10.2. The molecule has 0 spiro atoms. The molecule has 0 aliphatic rings. The zero-order chi connectivity index (χ0) is 18.7. The van der Waals surface area contributed by atoms with Gasteiger partial charge in [-0.3, -0.25) is 9.59 Å². The van der Waals surface area contributed by atoms with Crippen molar-refractivity contribution in [1.82, 2.24) is 10.3 Å². The highest BCUT2D eigenvalue weighted by Gasteiger charge is 2.15. The zero-order valence-electron chi connectivity index (χ0n) is 13.9. The van der Waals surface area contributed by atoms with Crippen molar-refractivity contribution >= 4 is 22.8 Å². The lowest BCUT2D eigenvalue weighted by Gasteiger charge is -2.05. The molecule has 0 aliphatic carbocycles. The number of carboxylic acids is 1. The summed E-state index contributed by atoms with van der Waals surface area (Å²) in [5.74, 6) is -2.25. The van der Waals surface area contributed by atoms with Crippen molar-refractivity contribution in [3.05, 3.63) is 63.8 Å². The van der Waals surface area contributed by atoms with E-state index < -0.39 is 23.1 Å². The van der Waals surface area contributed by atoms with Gasteiger partial charge in [0.1, 0.15) is 5.75 Å². The Morgan fingerprint density at radius 1 is 1.23 bits per heavy atom. The second kappa shape index (κ2) is 7.14. The fourth-order valence-corrected chi connectivity index (χ4v) is 2.58. The van der Waals surface area contributed by atoms with Crippen LogP contribution in [0.2, 0.25) is 0 Å². The lowest BCUT2D eigenvalue weighted by atomic mass is 10.1. The van der Waals surface area contributed by atoms with E-state index in [-0.39, 0.29) is 12.3 Å². The summed E-state index contributed by atoms with van der Waals surface area (Å²) in [4.78, 5) is 37.6. The van der Waals surface area contributed by atoms with Gasteiger partial charge in [-0.15, -0.1) is 0 Å². The van der Waals surface area contributed by atoms with Gasteiger partial charge in [0.2, 0.25) is 5.76 Å².